The second kappa shape index (κ2) is 7.93. The molecule has 5 rings (SSSR count). The van der Waals surface area contributed by atoms with Crippen LogP contribution in [0.2, 0.25) is 0 Å². The molecule has 2 heterocycles. The molecule has 4 heteroatoms. The first kappa shape index (κ1) is 18.3. The number of nitrogens with zero attached hydrogens (tertiary/aromatic N) is 1. The maximum Gasteiger partial charge on any atom is 0.185 e. The monoisotopic (exact) mass is 407 g/mol. The van der Waals surface area contributed by atoms with E-state index in [0.717, 1.165) is 37.8 Å². The lowest BCUT2D eigenvalue weighted by Gasteiger charge is -2.02. The molecule has 144 valence electrons. The van der Waals surface area contributed by atoms with Gasteiger partial charge in [-0.3, -0.25) is 4.79 Å². The molecule has 5 aromatic rings. The third-order valence-electron chi connectivity index (χ3n) is 4.85. The highest BCUT2D eigenvalue weighted by Crippen LogP contribution is 2.41. The fourth-order valence-electron chi connectivity index (χ4n) is 3.40. The van der Waals surface area contributed by atoms with Crippen LogP contribution in [0.3, 0.4) is 0 Å². The maximum absolute atomic E-state index is 10.9. The van der Waals surface area contributed by atoms with Crippen LogP contribution in [-0.2, 0) is 0 Å². The van der Waals surface area contributed by atoms with Crippen LogP contribution in [0.5, 0.6) is 0 Å². The molecule has 0 aliphatic heterocycles. The summed E-state index contributed by atoms with van der Waals surface area (Å²) in [5.74, 6) is 0.990. The van der Waals surface area contributed by atoms with Crippen LogP contribution < -0.4 is 0 Å². The Morgan fingerprint density at radius 1 is 0.700 bits per heavy atom. The van der Waals surface area contributed by atoms with Crippen LogP contribution >= 0.6 is 11.3 Å². The SMILES string of the molecule is O=Cc1ccc(-c2cccc(-c3nc(-c4ccccc4)c(-c4ccccc4)s3)c2)o1. The summed E-state index contributed by atoms with van der Waals surface area (Å²) in [5, 5.41) is 0.941. The van der Waals surface area contributed by atoms with Gasteiger partial charge in [0.15, 0.2) is 12.0 Å². The minimum Gasteiger partial charge on any atom is -0.453 e. The summed E-state index contributed by atoms with van der Waals surface area (Å²) in [5.41, 5.74) is 5.15. The van der Waals surface area contributed by atoms with Crippen molar-refractivity contribution in [3.63, 3.8) is 0 Å². The summed E-state index contributed by atoms with van der Waals surface area (Å²) in [6, 6.07) is 32.2. The van der Waals surface area contributed by atoms with Crippen molar-refractivity contribution in [2.45, 2.75) is 0 Å². The van der Waals surface area contributed by atoms with Gasteiger partial charge >= 0.3 is 0 Å². The number of carbonyl (C=O) groups excluding carboxylic acids is 1. The van der Waals surface area contributed by atoms with Gasteiger partial charge in [0.2, 0.25) is 0 Å². The van der Waals surface area contributed by atoms with E-state index in [2.05, 4.69) is 36.4 Å². The van der Waals surface area contributed by atoms with Crippen molar-refractivity contribution in [3.8, 4) is 43.6 Å². The van der Waals surface area contributed by atoms with Gasteiger partial charge in [-0.2, -0.15) is 0 Å². The van der Waals surface area contributed by atoms with Gasteiger partial charge in [-0.25, -0.2) is 4.98 Å². The number of carbonyl (C=O) groups is 1. The Kier molecular flexibility index (Phi) is 4.83. The van der Waals surface area contributed by atoms with E-state index in [9.17, 15) is 4.79 Å². The quantitative estimate of drug-likeness (QED) is 0.289. The zero-order valence-corrected chi connectivity index (χ0v) is 16.8. The largest absolute Gasteiger partial charge is 0.453 e. The first-order chi connectivity index (χ1) is 14.8. The van der Waals surface area contributed by atoms with Gasteiger partial charge < -0.3 is 4.42 Å². The summed E-state index contributed by atoms with van der Waals surface area (Å²) in [7, 11) is 0. The molecular formula is C26H17NO2S. The Bertz CT molecular complexity index is 1250. The number of furan rings is 1. The van der Waals surface area contributed by atoms with E-state index in [0.29, 0.717) is 17.8 Å². The molecule has 0 aliphatic rings. The lowest BCUT2D eigenvalue weighted by molar-refractivity contribution is 0.110. The average molecular weight is 407 g/mol. The van der Waals surface area contributed by atoms with E-state index >= 15 is 0 Å². The molecule has 3 aromatic carbocycles. The molecule has 0 bridgehead atoms. The number of rotatable bonds is 5. The van der Waals surface area contributed by atoms with E-state index in [4.69, 9.17) is 9.40 Å². The van der Waals surface area contributed by atoms with E-state index in [1.807, 2.05) is 54.6 Å². The number of hydrogen-bond acceptors (Lipinski definition) is 4. The van der Waals surface area contributed by atoms with E-state index in [-0.39, 0.29) is 0 Å². The first-order valence-corrected chi connectivity index (χ1v) is 10.4. The molecule has 0 aliphatic carbocycles. The van der Waals surface area contributed by atoms with Gasteiger partial charge in [-0.15, -0.1) is 11.3 Å². The standard InChI is InChI=1S/C26H17NO2S/c28-17-22-14-15-23(29-22)20-12-7-13-21(16-20)26-27-24(18-8-3-1-4-9-18)25(30-26)19-10-5-2-6-11-19/h1-17H. The van der Waals surface area contributed by atoms with Gasteiger partial charge in [0.1, 0.15) is 10.8 Å². The predicted octanol–water partition coefficient (Wildman–Crippen LogP) is 7.22. The zero-order chi connectivity index (χ0) is 20.3. The smallest absolute Gasteiger partial charge is 0.185 e. The Morgan fingerprint density at radius 3 is 2.07 bits per heavy atom. The summed E-state index contributed by atoms with van der Waals surface area (Å²) >= 11 is 1.68. The number of thiazole rings is 1. The topological polar surface area (TPSA) is 43.1 Å². The van der Waals surface area contributed by atoms with Crippen LogP contribution in [0.1, 0.15) is 10.6 Å². The Morgan fingerprint density at radius 2 is 1.37 bits per heavy atom. The highest BCUT2D eigenvalue weighted by molar-refractivity contribution is 7.19. The molecule has 0 radical (unpaired) electrons. The van der Waals surface area contributed by atoms with Crippen molar-refractivity contribution < 1.29 is 9.21 Å². The van der Waals surface area contributed by atoms with Crippen LogP contribution in [-0.4, -0.2) is 11.3 Å². The molecule has 0 spiro atoms. The highest BCUT2D eigenvalue weighted by atomic mass is 32.1. The van der Waals surface area contributed by atoms with Gasteiger partial charge in [0.05, 0.1) is 10.6 Å². The normalized spacial score (nSPS) is 10.8. The van der Waals surface area contributed by atoms with E-state index < -0.39 is 0 Å². The van der Waals surface area contributed by atoms with Gasteiger partial charge in [0, 0.05) is 16.7 Å². The third-order valence-corrected chi connectivity index (χ3v) is 6.00. The third kappa shape index (κ3) is 3.49. The number of aldehydes is 1. The Hall–Kier alpha value is -3.76. The lowest BCUT2D eigenvalue weighted by atomic mass is 10.1. The molecule has 2 aromatic heterocycles. The molecule has 30 heavy (non-hydrogen) atoms. The Balaban J connectivity index is 1.63. The molecule has 0 N–H and O–H groups in total. The molecule has 0 saturated heterocycles. The maximum atomic E-state index is 10.9. The van der Waals surface area contributed by atoms with Crippen LogP contribution in [0.25, 0.3) is 43.6 Å². The fourth-order valence-corrected chi connectivity index (χ4v) is 4.49. The molecular weight excluding hydrogens is 390 g/mol. The zero-order valence-electron chi connectivity index (χ0n) is 16.0. The first-order valence-electron chi connectivity index (χ1n) is 9.59. The molecule has 0 saturated carbocycles. The van der Waals surface area contributed by atoms with Gasteiger partial charge in [0.25, 0.3) is 0 Å². The summed E-state index contributed by atoms with van der Waals surface area (Å²) in [6.07, 6.45) is 0.715. The van der Waals surface area contributed by atoms with Crippen molar-refractivity contribution in [2.75, 3.05) is 0 Å². The van der Waals surface area contributed by atoms with Crippen molar-refractivity contribution in [1.82, 2.24) is 4.98 Å². The lowest BCUT2D eigenvalue weighted by Crippen LogP contribution is -1.83. The van der Waals surface area contributed by atoms with Crippen molar-refractivity contribution in [3.05, 3.63) is 103 Å². The number of aromatic nitrogens is 1. The van der Waals surface area contributed by atoms with E-state index in [1.165, 1.54) is 0 Å². The predicted molar refractivity (Wildman–Crippen MR) is 122 cm³/mol. The molecule has 0 amide bonds. The molecule has 0 fully saturated rings. The number of benzene rings is 3. The second-order valence-corrected chi connectivity index (χ2v) is 7.83. The molecule has 0 unspecified atom stereocenters. The summed E-state index contributed by atoms with van der Waals surface area (Å²) in [4.78, 5) is 17.1. The van der Waals surface area contributed by atoms with Crippen LogP contribution in [0.4, 0.5) is 0 Å². The Labute approximate surface area is 178 Å². The second-order valence-electron chi connectivity index (χ2n) is 6.83. The van der Waals surface area contributed by atoms with Crippen molar-refractivity contribution in [2.24, 2.45) is 0 Å². The van der Waals surface area contributed by atoms with Crippen molar-refractivity contribution >= 4 is 17.6 Å². The minimum absolute atomic E-state index is 0.322. The average Bonchev–Trinajstić information content (AvgIpc) is 3.48. The van der Waals surface area contributed by atoms with Crippen molar-refractivity contribution in [1.29, 1.82) is 0 Å². The minimum atomic E-state index is 0.322. The molecule has 3 nitrogen and oxygen atoms in total. The van der Waals surface area contributed by atoms with E-state index in [1.54, 1.807) is 17.4 Å². The summed E-state index contributed by atoms with van der Waals surface area (Å²) in [6.45, 7) is 0. The molecule has 0 atom stereocenters. The fraction of sp³-hybridized carbons (Fsp3) is 0. The summed E-state index contributed by atoms with van der Waals surface area (Å²) < 4.78 is 5.59. The number of hydrogen-bond donors (Lipinski definition) is 0. The van der Waals surface area contributed by atoms with Crippen LogP contribution in [0.15, 0.2) is 101 Å². The van der Waals surface area contributed by atoms with Gasteiger partial charge in [-0.05, 0) is 23.8 Å². The highest BCUT2D eigenvalue weighted by Gasteiger charge is 2.16. The van der Waals surface area contributed by atoms with Crippen LogP contribution in [0, 0.1) is 0 Å². The van der Waals surface area contributed by atoms with Gasteiger partial charge in [-0.1, -0.05) is 78.9 Å².